The number of nitrogens with one attached hydrogen (secondary N) is 1. The summed E-state index contributed by atoms with van der Waals surface area (Å²) in [6.45, 7) is 0.0926. The van der Waals surface area contributed by atoms with Gasteiger partial charge in [0.25, 0.3) is 10.1 Å². The molecule has 0 amide bonds. The maximum atomic E-state index is 9.97. The highest BCUT2D eigenvalue weighted by Gasteiger charge is 2.01. The third-order valence-corrected chi connectivity index (χ3v) is 1.33. The third-order valence-electron chi connectivity index (χ3n) is 0.606. The third kappa shape index (κ3) is 7.83. The monoisotopic (exact) mass is 155 g/mol. The number of hydroxylamine groups is 1. The van der Waals surface area contributed by atoms with Crippen molar-refractivity contribution in [3.05, 3.63) is 0 Å². The summed E-state index contributed by atoms with van der Waals surface area (Å²) in [6, 6.07) is 0. The van der Waals surface area contributed by atoms with Crippen molar-refractivity contribution in [1.82, 2.24) is 5.48 Å². The Kier molecular flexibility index (Phi) is 3.71. The summed E-state index contributed by atoms with van der Waals surface area (Å²) in [5, 5.41) is 0. The first kappa shape index (κ1) is 8.83. The molecule has 0 unspecified atom stereocenters. The summed E-state index contributed by atoms with van der Waals surface area (Å²) >= 11 is 0. The molecule has 0 saturated carbocycles. The lowest BCUT2D eigenvalue weighted by atomic mass is 10.8. The minimum absolute atomic E-state index is 0.0926. The van der Waals surface area contributed by atoms with Crippen LogP contribution < -0.4 is 5.48 Å². The van der Waals surface area contributed by atoms with Crippen LogP contribution in [0.1, 0.15) is 0 Å². The first-order valence-electron chi connectivity index (χ1n) is 2.27. The van der Waals surface area contributed by atoms with Gasteiger partial charge in [0.2, 0.25) is 0 Å². The van der Waals surface area contributed by atoms with Crippen molar-refractivity contribution in [1.29, 1.82) is 0 Å². The van der Waals surface area contributed by atoms with Crippen LogP contribution in [-0.2, 0) is 15.0 Å². The Labute approximate surface area is 53.7 Å². The molecule has 0 saturated heterocycles. The average molecular weight is 155 g/mol. The summed E-state index contributed by atoms with van der Waals surface area (Å²) in [5.41, 5.74) is 2.27. The molecule has 0 aliphatic heterocycles. The second-order valence-electron chi connectivity index (χ2n) is 1.38. The van der Waals surface area contributed by atoms with Crippen LogP contribution in [0.5, 0.6) is 0 Å². The Balaban J connectivity index is 3.30. The van der Waals surface area contributed by atoms with E-state index in [2.05, 4.69) is 10.3 Å². The molecule has 0 bridgehead atoms. The van der Waals surface area contributed by atoms with Crippen molar-refractivity contribution in [3.63, 3.8) is 0 Å². The molecule has 6 heteroatoms. The van der Waals surface area contributed by atoms with E-state index in [4.69, 9.17) is 4.55 Å². The summed E-state index contributed by atoms with van der Waals surface area (Å²) in [4.78, 5) is 4.31. The van der Waals surface area contributed by atoms with Crippen molar-refractivity contribution in [2.24, 2.45) is 0 Å². The van der Waals surface area contributed by atoms with Gasteiger partial charge in [-0.15, -0.1) is 0 Å². The summed E-state index contributed by atoms with van der Waals surface area (Å²) in [6.07, 6.45) is 0. The zero-order valence-corrected chi connectivity index (χ0v) is 5.81. The molecule has 0 aromatic heterocycles. The highest BCUT2D eigenvalue weighted by atomic mass is 32.2. The molecular weight excluding hydrogens is 146 g/mol. The van der Waals surface area contributed by atoms with Crippen LogP contribution in [0.4, 0.5) is 0 Å². The van der Waals surface area contributed by atoms with Crippen LogP contribution in [0.15, 0.2) is 0 Å². The smallest absolute Gasteiger partial charge is 0.266 e. The van der Waals surface area contributed by atoms with Crippen molar-refractivity contribution in [3.8, 4) is 0 Å². The molecule has 0 aliphatic rings. The van der Waals surface area contributed by atoms with E-state index in [0.29, 0.717) is 0 Å². The van der Waals surface area contributed by atoms with E-state index < -0.39 is 10.1 Å². The Morgan fingerprint density at radius 3 is 2.56 bits per heavy atom. The van der Waals surface area contributed by atoms with E-state index in [1.807, 2.05) is 0 Å². The van der Waals surface area contributed by atoms with Crippen LogP contribution in [0.2, 0.25) is 0 Å². The molecule has 0 aromatic carbocycles. The molecule has 0 aromatic rings. The van der Waals surface area contributed by atoms with Gasteiger partial charge in [0.15, 0.2) is 0 Å². The van der Waals surface area contributed by atoms with Crippen LogP contribution in [-0.4, -0.2) is 32.4 Å². The standard InChI is InChI=1S/C3H9NO4S/c1-8-4-2-3-9(5,6)7/h4H,2-3H2,1H3,(H,5,6,7). The van der Waals surface area contributed by atoms with Gasteiger partial charge in [-0.25, -0.2) is 5.48 Å². The molecule has 0 spiro atoms. The van der Waals surface area contributed by atoms with E-state index in [9.17, 15) is 8.42 Å². The largest absolute Gasteiger partial charge is 0.305 e. The second kappa shape index (κ2) is 3.78. The van der Waals surface area contributed by atoms with Gasteiger partial charge in [-0.05, 0) is 0 Å². The number of hydrogen-bond donors (Lipinski definition) is 2. The lowest BCUT2D eigenvalue weighted by molar-refractivity contribution is 0.0964. The van der Waals surface area contributed by atoms with E-state index in [0.717, 1.165) is 0 Å². The predicted molar refractivity (Wildman–Crippen MR) is 31.4 cm³/mol. The first-order chi connectivity index (χ1) is 4.06. The average Bonchev–Trinajstić information content (AvgIpc) is 1.63. The van der Waals surface area contributed by atoms with Gasteiger partial charge < -0.3 is 4.84 Å². The quantitative estimate of drug-likeness (QED) is 0.310. The minimum Gasteiger partial charge on any atom is -0.305 e. The van der Waals surface area contributed by atoms with Crippen LogP contribution in [0.3, 0.4) is 0 Å². The molecule has 0 radical (unpaired) electrons. The van der Waals surface area contributed by atoms with E-state index in [1.54, 1.807) is 0 Å². The molecule has 0 atom stereocenters. The Morgan fingerprint density at radius 2 is 2.22 bits per heavy atom. The topological polar surface area (TPSA) is 75.6 Å². The molecule has 9 heavy (non-hydrogen) atoms. The predicted octanol–water partition coefficient (Wildman–Crippen LogP) is -0.975. The zero-order chi connectivity index (χ0) is 7.33. The molecule has 2 N–H and O–H groups in total. The minimum atomic E-state index is -3.84. The molecule has 0 heterocycles. The van der Waals surface area contributed by atoms with Crippen LogP contribution in [0, 0.1) is 0 Å². The number of hydrogen-bond acceptors (Lipinski definition) is 4. The maximum absolute atomic E-state index is 9.97. The van der Waals surface area contributed by atoms with Gasteiger partial charge in [-0.2, -0.15) is 8.42 Å². The summed E-state index contributed by atoms with van der Waals surface area (Å²) in [7, 11) is -2.47. The van der Waals surface area contributed by atoms with E-state index in [-0.39, 0.29) is 12.3 Å². The zero-order valence-electron chi connectivity index (χ0n) is 4.99. The fourth-order valence-electron chi connectivity index (χ4n) is 0.273. The Hall–Kier alpha value is -0.170. The molecule has 0 rings (SSSR count). The molecular formula is C3H9NO4S. The normalized spacial score (nSPS) is 11.8. The lowest BCUT2D eigenvalue weighted by Gasteiger charge is -1.96. The van der Waals surface area contributed by atoms with Crippen LogP contribution >= 0.6 is 0 Å². The second-order valence-corrected chi connectivity index (χ2v) is 2.96. The van der Waals surface area contributed by atoms with Gasteiger partial charge >= 0.3 is 0 Å². The van der Waals surface area contributed by atoms with Crippen molar-refractivity contribution >= 4 is 10.1 Å². The number of rotatable bonds is 4. The lowest BCUT2D eigenvalue weighted by Crippen LogP contribution is -2.21. The highest BCUT2D eigenvalue weighted by Crippen LogP contribution is 1.77. The summed E-state index contributed by atoms with van der Waals surface area (Å²) in [5.74, 6) is -0.332. The van der Waals surface area contributed by atoms with Gasteiger partial charge in [0.05, 0.1) is 12.9 Å². The molecule has 0 aliphatic carbocycles. The molecule has 56 valence electrons. The van der Waals surface area contributed by atoms with Gasteiger partial charge in [0.1, 0.15) is 0 Å². The fourth-order valence-corrected chi connectivity index (χ4v) is 0.614. The first-order valence-corrected chi connectivity index (χ1v) is 3.88. The van der Waals surface area contributed by atoms with E-state index in [1.165, 1.54) is 7.11 Å². The Bertz CT molecular complexity index is 151. The van der Waals surface area contributed by atoms with Crippen molar-refractivity contribution < 1.29 is 17.8 Å². The van der Waals surface area contributed by atoms with Gasteiger partial charge in [-0.1, -0.05) is 0 Å². The van der Waals surface area contributed by atoms with Crippen molar-refractivity contribution in [2.45, 2.75) is 0 Å². The maximum Gasteiger partial charge on any atom is 0.266 e. The SMILES string of the molecule is CONCCS(=O)(=O)O. The van der Waals surface area contributed by atoms with Crippen LogP contribution in [0.25, 0.3) is 0 Å². The molecule has 5 nitrogen and oxygen atoms in total. The molecule has 0 fully saturated rings. The highest BCUT2D eigenvalue weighted by molar-refractivity contribution is 7.85. The van der Waals surface area contributed by atoms with Crippen molar-refractivity contribution in [2.75, 3.05) is 19.4 Å². The van der Waals surface area contributed by atoms with E-state index >= 15 is 0 Å². The fraction of sp³-hybridized carbons (Fsp3) is 1.00. The van der Waals surface area contributed by atoms with Gasteiger partial charge in [-0.3, -0.25) is 4.55 Å². The summed E-state index contributed by atoms with van der Waals surface area (Å²) < 4.78 is 28.1. The Morgan fingerprint density at radius 1 is 1.67 bits per heavy atom. The van der Waals surface area contributed by atoms with Gasteiger partial charge in [0, 0.05) is 6.54 Å².